The van der Waals surface area contributed by atoms with Crippen molar-refractivity contribution in [1.82, 2.24) is 14.9 Å². The van der Waals surface area contributed by atoms with Gasteiger partial charge in [-0.2, -0.15) is 4.73 Å². The highest BCUT2D eigenvalue weighted by atomic mass is 32.2. The number of thiazole rings is 1. The molecular formula is C15H16N4O7S2. The third-order valence-corrected chi connectivity index (χ3v) is 6.25. The van der Waals surface area contributed by atoms with Crippen LogP contribution in [-0.2, 0) is 30.3 Å². The van der Waals surface area contributed by atoms with Gasteiger partial charge in [-0.25, -0.2) is 4.79 Å². The van der Waals surface area contributed by atoms with Crippen LogP contribution in [0, 0.1) is 5.41 Å². The monoisotopic (exact) mass is 428 g/mol. The van der Waals surface area contributed by atoms with Crippen LogP contribution in [0.5, 0.6) is 0 Å². The fourth-order valence-corrected chi connectivity index (χ4v) is 4.82. The zero-order chi connectivity index (χ0) is 20.6. The van der Waals surface area contributed by atoms with Gasteiger partial charge in [-0.1, -0.05) is 0 Å². The van der Waals surface area contributed by atoms with Crippen LogP contribution < -0.4 is 10.1 Å². The molecule has 0 spiro atoms. The van der Waals surface area contributed by atoms with E-state index in [1.165, 1.54) is 24.1 Å². The Bertz CT molecular complexity index is 950. The predicted molar refractivity (Wildman–Crippen MR) is 95.4 cm³/mol. The summed E-state index contributed by atoms with van der Waals surface area (Å²) in [6.45, 7) is 0.981. The number of carboxylic acids is 1. The standard InChI is InChI=1S/C15H16N4O7S2/c1-6(20)26-3-7-4-27-13-10(12(22)18(13)11(7)14(23)24)17-9(21)2-8-5-28-15(16)19(8)25/h5,10,13,16,25H,2-4H2,1H3,(H,17,21)(H,23,24)/t10?,13-/m0/s1. The molecule has 1 aromatic heterocycles. The highest BCUT2D eigenvalue weighted by molar-refractivity contribution is 8.00. The molecule has 28 heavy (non-hydrogen) atoms. The molecule has 11 nitrogen and oxygen atoms in total. The van der Waals surface area contributed by atoms with E-state index >= 15 is 0 Å². The molecule has 1 saturated heterocycles. The quantitative estimate of drug-likeness (QED) is 0.258. The molecular weight excluding hydrogens is 412 g/mol. The van der Waals surface area contributed by atoms with Gasteiger partial charge in [0.2, 0.25) is 10.7 Å². The van der Waals surface area contributed by atoms with E-state index in [4.69, 9.17) is 10.1 Å². The summed E-state index contributed by atoms with van der Waals surface area (Å²) in [5, 5.41) is 29.9. The van der Waals surface area contributed by atoms with Crippen LogP contribution in [0.3, 0.4) is 0 Å². The van der Waals surface area contributed by atoms with Crippen LogP contribution in [0.2, 0.25) is 0 Å². The second kappa shape index (κ2) is 7.67. The molecule has 2 amide bonds. The molecule has 0 radical (unpaired) electrons. The molecule has 3 rings (SSSR count). The van der Waals surface area contributed by atoms with Gasteiger partial charge >= 0.3 is 11.9 Å². The minimum absolute atomic E-state index is 0.131. The number of thioether (sulfide) groups is 1. The molecule has 2 atom stereocenters. The van der Waals surface area contributed by atoms with Crippen molar-refractivity contribution in [2.24, 2.45) is 0 Å². The summed E-state index contributed by atoms with van der Waals surface area (Å²) in [6.07, 6.45) is -0.230. The number of carbonyl (C=O) groups is 4. The van der Waals surface area contributed by atoms with E-state index in [0.717, 1.165) is 16.2 Å². The number of aromatic nitrogens is 1. The molecule has 1 aromatic rings. The summed E-state index contributed by atoms with van der Waals surface area (Å²) < 4.78 is 5.44. The maximum absolute atomic E-state index is 12.5. The van der Waals surface area contributed by atoms with Crippen molar-refractivity contribution < 1.29 is 34.2 Å². The fraction of sp³-hybridized carbons (Fsp3) is 0.400. The van der Waals surface area contributed by atoms with Crippen molar-refractivity contribution in [3.8, 4) is 0 Å². The zero-order valence-electron chi connectivity index (χ0n) is 14.5. The Labute approximate surface area is 166 Å². The van der Waals surface area contributed by atoms with Gasteiger partial charge in [0.25, 0.3) is 5.91 Å². The van der Waals surface area contributed by atoms with Gasteiger partial charge in [-0.3, -0.25) is 24.7 Å². The molecule has 4 N–H and O–H groups in total. The summed E-state index contributed by atoms with van der Waals surface area (Å²) in [6, 6.07) is -0.900. The van der Waals surface area contributed by atoms with Crippen molar-refractivity contribution in [1.29, 1.82) is 5.41 Å². The Hall–Kier alpha value is -2.80. The number of nitrogens with zero attached hydrogens (tertiary/aromatic N) is 2. The Morgan fingerprint density at radius 3 is 2.71 bits per heavy atom. The van der Waals surface area contributed by atoms with Crippen LogP contribution in [0.4, 0.5) is 0 Å². The lowest BCUT2D eigenvalue weighted by Gasteiger charge is -2.49. The van der Waals surface area contributed by atoms with E-state index < -0.39 is 35.2 Å². The first-order chi connectivity index (χ1) is 13.2. The topological polar surface area (TPSA) is 162 Å². The molecule has 0 bridgehead atoms. The second-order valence-corrected chi connectivity index (χ2v) is 7.98. The summed E-state index contributed by atoms with van der Waals surface area (Å²) in [7, 11) is 0. The van der Waals surface area contributed by atoms with E-state index in [2.05, 4.69) is 5.32 Å². The van der Waals surface area contributed by atoms with Crippen LogP contribution in [0.25, 0.3) is 0 Å². The fourth-order valence-electron chi connectivity index (χ4n) is 2.84. The maximum Gasteiger partial charge on any atom is 0.352 e. The number of aliphatic carboxylic acids is 1. The average Bonchev–Trinajstić information content (AvgIpc) is 2.95. The van der Waals surface area contributed by atoms with Crippen LogP contribution in [-0.4, -0.2) is 67.5 Å². The van der Waals surface area contributed by atoms with E-state index in [1.54, 1.807) is 0 Å². The SMILES string of the molecule is CC(=O)OCC1=C(C(=O)O)N2C(=O)C(NC(=O)Cc3csc(=N)n3O)[C@@H]2SC1. The maximum atomic E-state index is 12.5. The van der Waals surface area contributed by atoms with E-state index in [9.17, 15) is 29.5 Å². The number of esters is 1. The van der Waals surface area contributed by atoms with Crippen molar-refractivity contribution in [2.45, 2.75) is 24.8 Å². The van der Waals surface area contributed by atoms with E-state index in [-0.39, 0.29) is 35.0 Å². The molecule has 1 unspecified atom stereocenters. The Morgan fingerprint density at radius 2 is 2.14 bits per heavy atom. The van der Waals surface area contributed by atoms with Crippen molar-refractivity contribution in [2.75, 3.05) is 12.4 Å². The third-order valence-electron chi connectivity index (χ3n) is 4.13. The van der Waals surface area contributed by atoms with Gasteiger partial charge in [0.15, 0.2) is 0 Å². The molecule has 2 aliphatic heterocycles. The molecule has 0 aliphatic carbocycles. The first-order valence-corrected chi connectivity index (χ1v) is 9.89. The predicted octanol–water partition coefficient (Wildman–Crippen LogP) is -0.889. The summed E-state index contributed by atoms with van der Waals surface area (Å²) in [5.41, 5.74) is 0.289. The second-order valence-electron chi connectivity index (χ2n) is 6.01. The summed E-state index contributed by atoms with van der Waals surface area (Å²) in [5.74, 6) is -2.75. The first-order valence-electron chi connectivity index (χ1n) is 7.96. The minimum Gasteiger partial charge on any atom is -0.477 e. The van der Waals surface area contributed by atoms with Crippen molar-refractivity contribution in [3.63, 3.8) is 0 Å². The zero-order valence-corrected chi connectivity index (χ0v) is 16.1. The summed E-state index contributed by atoms with van der Waals surface area (Å²) in [4.78, 5) is 48.2. The number of amides is 2. The van der Waals surface area contributed by atoms with E-state index in [1.807, 2.05) is 0 Å². The van der Waals surface area contributed by atoms with Gasteiger partial charge < -0.3 is 20.4 Å². The lowest BCUT2D eigenvalue weighted by molar-refractivity contribution is -0.151. The van der Waals surface area contributed by atoms with Crippen molar-refractivity contribution >= 4 is 46.9 Å². The molecule has 3 heterocycles. The number of ether oxygens (including phenoxy) is 1. The lowest BCUT2D eigenvalue weighted by Crippen LogP contribution is -2.70. The number of rotatable bonds is 6. The number of nitrogens with one attached hydrogen (secondary N) is 2. The molecule has 0 saturated carbocycles. The van der Waals surface area contributed by atoms with Gasteiger partial charge in [0, 0.05) is 23.6 Å². The molecule has 0 aromatic carbocycles. The van der Waals surface area contributed by atoms with Gasteiger partial charge in [0.1, 0.15) is 23.7 Å². The number of fused-ring (bicyclic) bond motifs is 1. The molecule has 150 valence electrons. The lowest BCUT2D eigenvalue weighted by atomic mass is 10.0. The normalized spacial score (nSPS) is 21.0. The number of carboxylic acid groups (broad SMARTS) is 1. The Balaban J connectivity index is 1.70. The van der Waals surface area contributed by atoms with Gasteiger partial charge in [-0.15, -0.1) is 23.1 Å². The molecule has 2 aliphatic rings. The Morgan fingerprint density at radius 1 is 1.43 bits per heavy atom. The summed E-state index contributed by atoms with van der Waals surface area (Å²) >= 11 is 2.21. The first kappa shape index (κ1) is 19.9. The number of β-lactam (4-membered cyclic amide) rings is 1. The molecule has 1 fully saturated rings. The Kier molecular flexibility index (Phi) is 5.47. The highest BCUT2D eigenvalue weighted by Crippen LogP contribution is 2.40. The number of hydrogen-bond donors (Lipinski definition) is 4. The van der Waals surface area contributed by atoms with Gasteiger partial charge in [0.05, 0.1) is 12.1 Å². The highest BCUT2D eigenvalue weighted by Gasteiger charge is 2.54. The number of hydrogen-bond acceptors (Lipinski definition) is 9. The van der Waals surface area contributed by atoms with Crippen LogP contribution in [0.1, 0.15) is 12.6 Å². The van der Waals surface area contributed by atoms with Crippen molar-refractivity contribution in [3.05, 3.63) is 27.1 Å². The third kappa shape index (κ3) is 3.62. The van der Waals surface area contributed by atoms with Crippen LogP contribution in [0.15, 0.2) is 16.7 Å². The molecule has 13 heteroatoms. The smallest absolute Gasteiger partial charge is 0.352 e. The average molecular weight is 428 g/mol. The van der Waals surface area contributed by atoms with Crippen LogP contribution >= 0.6 is 23.1 Å². The van der Waals surface area contributed by atoms with Gasteiger partial charge in [-0.05, 0) is 0 Å². The largest absolute Gasteiger partial charge is 0.477 e. The number of carbonyl (C=O) groups excluding carboxylic acids is 3. The van der Waals surface area contributed by atoms with E-state index in [0.29, 0.717) is 10.3 Å². The minimum atomic E-state index is -1.31.